The molecule has 3 heterocycles. The summed E-state index contributed by atoms with van der Waals surface area (Å²) in [6, 6.07) is 18.1. The highest BCUT2D eigenvalue weighted by Crippen LogP contribution is 2.29. The molecule has 0 aliphatic carbocycles. The van der Waals surface area contributed by atoms with Gasteiger partial charge in [0.05, 0.1) is 7.11 Å². The van der Waals surface area contributed by atoms with Gasteiger partial charge in [-0.1, -0.05) is 12.1 Å². The number of fused-ring (bicyclic) bond motifs is 1. The number of anilines is 3. The first-order valence-corrected chi connectivity index (χ1v) is 9.77. The number of methoxy groups -OCH3 is 1. The van der Waals surface area contributed by atoms with Crippen molar-refractivity contribution in [1.29, 1.82) is 0 Å². The van der Waals surface area contributed by atoms with Crippen LogP contribution in [-0.4, -0.2) is 32.8 Å². The Morgan fingerprint density at radius 3 is 2.66 bits per heavy atom. The van der Waals surface area contributed by atoms with E-state index in [9.17, 15) is 4.79 Å². The quantitative estimate of drug-likeness (QED) is 0.414. The van der Waals surface area contributed by atoms with Gasteiger partial charge in [-0.25, -0.2) is 14.6 Å². The number of carbonyl (C=O) groups excluding carboxylic acids is 1. The second-order valence-electron chi connectivity index (χ2n) is 6.86. The minimum Gasteiger partial charge on any atom is -0.493 e. The summed E-state index contributed by atoms with van der Waals surface area (Å²) >= 11 is 0. The van der Waals surface area contributed by atoms with E-state index in [0.29, 0.717) is 28.7 Å². The van der Waals surface area contributed by atoms with Gasteiger partial charge in [-0.05, 0) is 42.5 Å². The van der Waals surface area contributed by atoms with E-state index in [1.165, 1.54) is 6.33 Å². The lowest BCUT2D eigenvalue weighted by Crippen LogP contribution is -2.10. The Kier molecular flexibility index (Phi) is 4.97. The molecule has 5 aromatic rings. The van der Waals surface area contributed by atoms with E-state index in [4.69, 9.17) is 9.15 Å². The van der Waals surface area contributed by atoms with Crippen LogP contribution in [0.3, 0.4) is 0 Å². The minimum atomic E-state index is -0.344. The topological polar surface area (TPSA) is 107 Å². The lowest BCUT2D eigenvalue weighted by Gasteiger charge is -2.08. The van der Waals surface area contributed by atoms with Crippen molar-refractivity contribution in [3.8, 4) is 11.6 Å². The summed E-state index contributed by atoms with van der Waals surface area (Å²) in [6.45, 7) is 0. The third kappa shape index (κ3) is 3.86. The Hall–Kier alpha value is -4.66. The van der Waals surface area contributed by atoms with E-state index in [1.54, 1.807) is 48.3 Å². The highest BCUT2D eigenvalue weighted by molar-refractivity contribution is 6.05. The lowest BCUT2D eigenvalue weighted by molar-refractivity contribution is 0.0998. The Balaban J connectivity index is 1.28. The van der Waals surface area contributed by atoms with Gasteiger partial charge in [0.2, 0.25) is 0 Å². The Labute approximate surface area is 182 Å². The average molecular weight is 426 g/mol. The zero-order chi connectivity index (χ0) is 21.9. The van der Waals surface area contributed by atoms with Gasteiger partial charge in [-0.15, -0.1) is 0 Å². The van der Waals surface area contributed by atoms with Crippen molar-refractivity contribution < 1.29 is 13.9 Å². The number of hydrogen-bond donors (Lipinski definition) is 2. The fourth-order valence-electron chi connectivity index (χ4n) is 3.23. The summed E-state index contributed by atoms with van der Waals surface area (Å²) in [6.07, 6.45) is 4.96. The molecule has 0 bridgehead atoms. The number of ether oxygens (including phenoxy) is 1. The second-order valence-corrected chi connectivity index (χ2v) is 6.86. The molecule has 9 nitrogen and oxygen atoms in total. The summed E-state index contributed by atoms with van der Waals surface area (Å²) in [5.41, 5.74) is 1.98. The van der Waals surface area contributed by atoms with Crippen LogP contribution in [0, 0.1) is 0 Å². The Bertz CT molecular complexity index is 1380. The van der Waals surface area contributed by atoms with E-state index in [0.717, 1.165) is 11.1 Å². The number of hydrogen-bond acceptors (Lipinski definition) is 7. The molecule has 0 saturated heterocycles. The van der Waals surface area contributed by atoms with Crippen molar-refractivity contribution in [2.24, 2.45) is 0 Å². The molecule has 1 amide bonds. The molecule has 3 aromatic heterocycles. The van der Waals surface area contributed by atoms with E-state index >= 15 is 0 Å². The highest BCUT2D eigenvalue weighted by Gasteiger charge is 2.15. The van der Waals surface area contributed by atoms with Crippen molar-refractivity contribution in [1.82, 2.24) is 19.7 Å². The van der Waals surface area contributed by atoms with Crippen LogP contribution in [0.5, 0.6) is 5.75 Å². The SMILES string of the molecule is COc1cccc2cc(C(=O)Nc3ccc(Nc4cc(-n5cccn5)ncn4)cc3)oc12. The van der Waals surface area contributed by atoms with Gasteiger partial charge >= 0.3 is 0 Å². The number of nitrogens with one attached hydrogen (secondary N) is 2. The maximum Gasteiger partial charge on any atom is 0.291 e. The van der Waals surface area contributed by atoms with E-state index in [1.807, 2.05) is 36.5 Å². The number of para-hydroxylation sites is 1. The van der Waals surface area contributed by atoms with E-state index < -0.39 is 0 Å². The van der Waals surface area contributed by atoms with Crippen LogP contribution in [0.2, 0.25) is 0 Å². The average Bonchev–Trinajstić information content (AvgIpc) is 3.51. The summed E-state index contributed by atoms with van der Waals surface area (Å²) in [5, 5.41) is 11.0. The van der Waals surface area contributed by atoms with Gasteiger partial charge in [0.15, 0.2) is 22.9 Å². The molecular formula is C23H18N6O3. The first-order valence-electron chi connectivity index (χ1n) is 9.77. The molecule has 0 spiro atoms. The molecule has 0 aliphatic heterocycles. The van der Waals surface area contributed by atoms with Gasteiger partial charge < -0.3 is 19.8 Å². The lowest BCUT2D eigenvalue weighted by atomic mass is 10.2. The fraction of sp³-hybridized carbons (Fsp3) is 0.0435. The van der Waals surface area contributed by atoms with E-state index in [-0.39, 0.29) is 11.7 Å². The molecule has 2 N–H and O–H groups in total. The predicted octanol–water partition coefficient (Wildman–Crippen LogP) is 4.41. The molecular weight excluding hydrogens is 408 g/mol. The van der Waals surface area contributed by atoms with Crippen LogP contribution >= 0.6 is 0 Å². The third-order valence-corrected chi connectivity index (χ3v) is 4.76. The monoisotopic (exact) mass is 426 g/mol. The molecule has 158 valence electrons. The molecule has 32 heavy (non-hydrogen) atoms. The number of carbonyl (C=O) groups is 1. The molecule has 0 unspecified atom stereocenters. The first kappa shape index (κ1) is 19.3. The van der Waals surface area contributed by atoms with Crippen LogP contribution in [0.25, 0.3) is 16.8 Å². The molecule has 5 rings (SSSR count). The minimum absolute atomic E-state index is 0.207. The number of furan rings is 1. The highest BCUT2D eigenvalue weighted by atomic mass is 16.5. The van der Waals surface area contributed by atoms with Gasteiger partial charge in [0, 0.05) is 35.2 Å². The zero-order valence-corrected chi connectivity index (χ0v) is 17.0. The van der Waals surface area contributed by atoms with Crippen molar-refractivity contribution in [3.05, 3.63) is 85.1 Å². The maximum atomic E-state index is 12.6. The third-order valence-electron chi connectivity index (χ3n) is 4.76. The number of nitrogens with zero attached hydrogens (tertiary/aromatic N) is 4. The Morgan fingerprint density at radius 2 is 1.88 bits per heavy atom. The molecule has 2 aromatic carbocycles. The van der Waals surface area contributed by atoms with Gasteiger partial charge in [0.25, 0.3) is 5.91 Å². The summed E-state index contributed by atoms with van der Waals surface area (Å²) < 4.78 is 12.6. The standard InChI is InChI=1S/C23H18N6O3/c1-31-18-5-2-4-15-12-19(32-22(15)18)23(30)28-17-8-6-16(7-9-17)27-20-13-21(25-14-24-20)29-11-3-10-26-29/h2-14H,1H3,(H,28,30)(H,24,25,27). The van der Waals surface area contributed by atoms with Crippen LogP contribution < -0.4 is 15.4 Å². The first-order chi connectivity index (χ1) is 15.7. The van der Waals surface area contributed by atoms with Crippen LogP contribution in [0.4, 0.5) is 17.2 Å². The normalized spacial score (nSPS) is 10.8. The molecule has 0 fully saturated rings. The summed E-state index contributed by atoms with van der Waals surface area (Å²) in [7, 11) is 1.56. The summed E-state index contributed by atoms with van der Waals surface area (Å²) in [5.74, 6) is 1.72. The maximum absolute atomic E-state index is 12.6. The van der Waals surface area contributed by atoms with Gasteiger partial charge in [-0.2, -0.15) is 5.10 Å². The number of aromatic nitrogens is 4. The van der Waals surface area contributed by atoms with Crippen molar-refractivity contribution in [2.75, 3.05) is 17.7 Å². The molecule has 0 radical (unpaired) electrons. The van der Waals surface area contributed by atoms with Crippen LogP contribution in [-0.2, 0) is 0 Å². The Morgan fingerprint density at radius 1 is 1.03 bits per heavy atom. The largest absolute Gasteiger partial charge is 0.493 e. The van der Waals surface area contributed by atoms with Crippen LogP contribution in [0.15, 0.2) is 83.8 Å². The molecule has 0 saturated carbocycles. The van der Waals surface area contributed by atoms with Gasteiger partial charge in [0.1, 0.15) is 12.1 Å². The van der Waals surface area contributed by atoms with E-state index in [2.05, 4.69) is 25.7 Å². The molecule has 9 heteroatoms. The predicted molar refractivity (Wildman–Crippen MR) is 120 cm³/mol. The molecule has 0 atom stereocenters. The smallest absolute Gasteiger partial charge is 0.291 e. The molecule has 0 aliphatic rings. The second kappa shape index (κ2) is 8.23. The number of rotatable bonds is 6. The van der Waals surface area contributed by atoms with Crippen LogP contribution in [0.1, 0.15) is 10.6 Å². The van der Waals surface area contributed by atoms with Crippen molar-refractivity contribution in [2.45, 2.75) is 0 Å². The number of benzene rings is 2. The fourth-order valence-corrected chi connectivity index (χ4v) is 3.23. The van der Waals surface area contributed by atoms with Gasteiger partial charge in [-0.3, -0.25) is 4.79 Å². The number of amides is 1. The zero-order valence-electron chi connectivity index (χ0n) is 17.0. The summed E-state index contributed by atoms with van der Waals surface area (Å²) in [4.78, 5) is 21.1. The van der Waals surface area contributed by atoms with Crippen molar-refractivity contribution in [3.63, 3.8) is 0 Å². The van der Waals surface area contributed by atoms with Crippen molar-refractivity contribution >= 4 is 34.1 Å².